The van der Waals surface area contributed by atoms with Gasteiger partial charge in [0.05, 0.1) is 19.3 Å². The van der Waals surface area contributed by atoms with E-state index in [1.807, 2.05) is 7.05 Å². The Morgan fingerprint density at radius 1 is 1.12 bits per heavy atom. The molecule has 2 aliphatic heterocycles. The number of guanidine groups is 1. The average Bonchev–Trinajstić information content (AvgIpc) is 3.21. The van der Waals surface area contributed by atoms with E-state index < -0.39 is 0 Å². The maximum Gasteiger partial charge on any atom is 0.191 e. The first-order valence-corrected chi connectivity index (χ1v) is 10.8. The highest BCUT2D eigenvalue weighted by Gasteiger charge is 2.27. The Balaban J connectivity index is 1.31. The van der Waals surface area contributed by atoms with Gasteiger partial charge >= 0.3 is 0 Å². The predicted octanol–water partition coefficient (Wildman–Crippen LogP) is 2.14. The number of aliphatic imine (C=N–C) groups is 1. The largest absolute Gasteiger partial charge is 0.377 e. The molecule has 150 valence electrons. The van der Waals surface area contributed by atoms with Gasteiger partial charge in [0.25, 0.3) is 0 Å². The molecule has 6 heteroatoms. The standard InChI is InChI=1S/C20H38N4O2/c1-21-20(22-11-14-25-16-19-10-6-13-26-19)23-17-7-5-12-24(15-17)18-8-3-2-4-9-18/h17-19H,2-16H2,1H3,(H2,21,22,23). The van der Waals surface area contributed by atoms with Gasteiger partial charge in [-0.05, 0) is 45.1 Å². The molecule has 0 aromatic heterocycles. The molecule has 0 aromatic rings. The van der Waals surface area contributed by atoms with E-state index in [4.69, 9.17) is 9.47 Å². The first-order valence-electron chi connectivity index (χ1n) is 10.8. The molecule has 0 aromatic carbocycles. The number of hydrogen-bond acceptors (Lipinski definition) is 4. The summed E-state index contributed by atoms with van der Waals surface area (Å²) in [6.45, 7) is 5.51. The van der Waals surface area contributed by atoms with Crippen molar-refractivity contribution >= 4 is 5.96 Å². The Bertz CT molecular complexity index is 420. The molecule has 2 heterocycles. The van der Waals surface area contributed by atoms with Crippen molar-refractivity contribution < 1.29 is 9.47 Å². The molecular formula is C20H38N4O2. The van der Waals surface area contributed by atoms with E-state index in [0.29, 0.717) is 25.4 Å². The Morgan fingerprint density at radius 2 is 2.00 bits per heavy atom. The highest BCUT2D eigenvalue weighted by Crippen LogP contribution is 2.25. The number of likely N-dealkylation sites (tertiary alicyclic amines) is 1. The van der Waals surface area contributed by atoms with Gasteiger partial charge in [-0.3, -0.25) is 9.89 Å². The van der Waals surface area contributed by atoms with E-state index in [1.54, 1.807) is 0 Å². The summed E-state index contributed by atoms with van der Waals surface area (Å²) in [5, 5.41) is 7.01. The van der Waals surface area contributed by atoms with Gasteiger partial charge in [0.2, 0.25) is 0 Å². The topological polar surface area (TPSA) is 58.1 Å². The summed E-state index contributed by atoms with van der Waals surface area (Å²) in [5.74, 6) is 0.904. The van der Waals surface area contributed by atoms with Crippen molar-refractivity contribution in [1.82, 2.24) is 15.5 Å². The highest BCUT2D eigenvalue weighted by atomic mass is 16.5. The van der Waals surface area contributed by atoms with Crippen LogP contribution in [0.4, 0.5) is 0 Å². The zero-order valence-electron chi connectivity index (χ0n) is 16.5. The zero-order valence-corrected chi connectivity index (χ0v) is 16.5. The van der Waals surface area contributed by atoms with E-state index >= 15 is 0 Å². The molecule has 2 atom stereocenters. The lowest BCUT2D eigenvalue weighted by molar-refractivity contribution is 0.0190. The molecule has 3 fully saturated rings. The molecule has 2 saturated heterocycles. The van der Waals surface area contributed by atoms with Crippen molar-refractivity contribution in [3.8, 4) is 0 Å². The molecule has 2 unspecified atom stereocenters. The smallest absolute Gasteiger partial charge is 0.191 e. The second-order valence-corrected chi connectivity index (χ2v) is 7.98. The van der Waals surface area contributed by atoms with Crippen LogP contribution in [0.25, 0.3) is 0 Å². The van der Waals surface area contributed by atoms with Crippen molar-refractivity contribution in [3.63, 3.8) is 0 Å². The average molecular weight is 367 g/mol. The Hall–Kier alpha value is -0.850. The summed E-state index contributed by atoms with van der Waals surface area (Å²) in [5.41, 5.74) is 0. The predicted molar refractivity (Wildman–Crippen MR) is 106 cm³/mol. The number of hydrogen-bond donors (Lipinski definition) is 2. The monoisotopic (exact) mass is 366 g/mol. The molecule has 1 saturated carbocycles. The summed E-state index contributed by atoms with van der Waals surface area (Å²) in [6.07, 6.45) is 12.2. The van der Waals surface area contributed by atoms with E-state index in [-0.39, 0.29) is 0 Å². The van der Waals surface area contributed by atoms with Crippen molar-refractivity contribution in [2.75, 3.05) is 46.5 Å². The summed E-state index contributed by atoms with van der Waals surface area (Å²) in [6, 6.07) is 1.32. The molecule has 6 nitrogen and oxygen atoms in total. The third kappa shape index (κ3) is 6.39. The number of nitrogens with one attached hydrogen (secondary N) is 2. The molecule has 2 N–H and O–H groups in total. The summed E-state index contributed by atoms with van der Waals surface area (Å²) < 4.78 is 11.3. The molecule has 3 aliphatic rings. The van der Waals surface area contributed by atoms with Crippen LogP contribution in [0.5, 0.6) is 0 Å². The van der Waals surface area contributed by atoms with Gasteiger partial charge in [-0.2, -0.15) is 0 Å². The van der Waals surface area contributed by atoms with E-state index in [2.05, 4.69) is 20.5 Å². The molecule has 0 amide bonds. The highest BCUT2D eigenvalue weighted by molar-refractivity contribution is 5.79. The molecule has 3 rings (SSSR count). The molecule has 0 bridgehead atoms. The van der Waals surface area contributed by atoms with E-state index in [1.165, 1.54) is 57.9 Å². The van der Waals surface area contributed by atoms with Crippen molar-refractivity contribution in [1.29, 1.82) is 0 Å². The van der Waals surface area contributed by atoms with Crippen LogP contribution >= 0.6 is 0 Å². The molecule has 26 heavy (non-hydrogen) atoms. The van der Waals surface area contributed by atoms with Gasteiger partial charge in [-0.25, -0.2) is 0 Å². The Morgan fingerprint density at radius 3 is 2.77 bits per heavy atom. The summed E-state index contributed by atoms with van der Waals surface area (Å²) >= 11 is 0. The molecular weight excluding hydrogens is 328 g/mol. The first-order chi connectivity index (χ1) is 12.8. The maximum atomic E-state index is 5.72. The SMILES string of the molecule is CN=C(NCCOCC1CCCO1)NC1CCCN(C2CCCCC2)C1. The van der Waals surface area contributed by atoms with Crippen LogP contribution in [-0.2, 0) is 9.47 Å². The number of piperidine rings is 1. The zero-order chi connectivity index (χ0) is 18.0. The van der Waals surface area contributed by atoms with Gasteiger partial charge in [0.1, 0.15) is 0 Å². The first kappa shape index (κ1) is 19.9. The van der Waals surface area contributed by atoms with E-state index in [0.717, 1.165) is 38.1 Å². The number of nitrogens with zero attached hydrogens (tertiary/aromatic N) is 2. The van der Waals surface area contributed by atoms with Gasteiger partial charge in [0.15, 0.2) is 5.96 Å². The third-order valence-corrected chi connectivity index (χ3v) is 5.97. The van der Waals surface area contributed by atoms with Crippen molar-refractivity contribution in [3.05, 3.63) is 0 Å². The van der Waals surface area contributed by atoms with Gasteiger partial charge in [-0.1, -0.05) is 19.3 Å². The van der Waals surface area contributed by atoms with Crippen LogP contribution in [0.1, 0.15) is 57.8 Å². The summed E-state index contributed by atoms with van der Waals surface area (Å²) in [4.78, 5) is 7.11. The third-order valence-electron chi connectivity index (χ3n) is 5.97. The van der Waals surface area contributed by atoms with Crippen LogP contribution in [0.15, 0.2) is 4.99 Å². The van der Waals surface area contributed by atoms with Crippen LogP contribution in [0.3, 0.4) is 0 Å². The second-order valence-electron chi connectivity index (χ2n) is 7.98. The maximum absolute atomic E-state index is 5.72. The minimum Gasteiger partial charge on any atom is -0.377 e. The Labute approximate surface area is 159 Å². The van der Waals surface area contributed by atoms with Gasteiger partial charge in [-0.15, -0.1) is 0 Å². The van der Waals surface area contributed by atoms with Crippen LogP contribution in [0.2, 0.25) is 0 Å². The Kier molecular flexibility index (Phi) is 8.49. The normalized spacial score (nSPS) is 29.0. The fourth-order valence-corrected chi connectivity index (χ4v) is 4.52. The molecule has 1 aliphatic carbocycles. The quantitative estimate of drug-likeness (QED) is 0.411. The van der Waals surface area contributed by atoms with Gasteiger partial charge in [0, 0.05) is 38.8 Å². The lowest BCUT2D eigenvalue weighted by Gasteiger charge is -2.40. The van der Waals surface area contributed by atoms with Crippen LogP contribution < -0.4 is 10.6 Å². The fraction of sp³-hybridized carbons (Fsp3) is 0.950. The lowest BCUT2D eigenvalue weighted by atomic mass is 9.92. The lowest BCUT2D eigenvalue weighted by Crippen LogP contribution is -2.53. The molecule has 0 spiro atoms. The number of ether oxygens (including phenoxy) is 2. The molecule has 0 radical (unpaired) electrons. The summed E-state index contributed by atoms with van der Waals surface area (Å²) in [7, 11) is 1.85. The second kappa shape index (κ2) is 11.1. The van der Waals surface area contributed by atoms with E-state index in [9.17, 15) is 0 Å². The van der Waals surface area contributed by atoms with Gasteiger partial charge < -0.3 is 20.1 Å². The van der Waals surface area contributed by atoms with Crippen LogP contribution in [-0.4, -0.2) is 75.5 Å². The van der Waals surface area contributed by atoms with Crippen LogP contribution in [0, 0.1) is 0 Å². The minimum absolute atomic E-state index is 0.306. The minimum atomic E-state index is 0.306. The van der Waals surface area contributed by atoms with Crippen molar-refractivity contribution in [2.24, 2.45) is 4.99 Å². The number of rotatable bonds is 7. The van der Waals surface area contributed by atoms with Crippen molar-refractivity contribution in [2.45, 2.75) is 76.0 Å². The fourth-order valence-electron chi connectivity index (χ4n) is 4.52.